The third-order valence-corrected chi connectivity index (χ3v) is 2.93. The predicted molar refractivity (Wildman–Crippen MR) is 62.7 cm³/mol. The van der Waals surface area contributed by atoms with E-state index in [-0.39, 0.29) is 0 Å². The molecule has 3 nitrogen and oxygen atoms in total. The van der Waals surface area contributed by atoms with Crippen molar-refractivity contribution in [1.29, 1.82) is 0 Å². The number of alkyl halides is 3. The van der Waals surface area contributed by atoms with Gasteiger partial charge in [-0.3, -0.25) is 0 Å². The highest BCUT2D eigenvalue weighted by Gasteiger charge is 2.57. The van der Waals surface area contributed by atoms with Gasteiger partial charge in [0.15, 0.2) is 0 Å². The summed E-state index contributed by atoms with van der Waals surface area (Å²) < 4.78 is 37.7. The van der Waals surface area contributed by atoms with E-state index in [1.165, 1.54) is 4.90 Å². The molecule has 1 unspecified atom stereocenters. The Bertz CT molecular complexity index is 455. The van der Waals surface area contributed by atoms with Gasteiger partial charge < -0.3 is 10.0 Å². The Balaban J connectivity index is 2.16. The van der Waals surface area contributed by atoms with Crippen LogP contribution in [0.2, 0.25) is 0 Å². The smallest absolute Gasteiger partial charge is 0.361 e. The van der Waals surface area contributed by atoms with E-state index in [2.05, 4.69) is 4.99 Å². The summed E-state index contributed by atoms with van der Waals surface area (Å²) in [7, 11) is 0. The SMILES string of the molecule is CCc1ccc(N2C=NC(O)(C(F)(F)F)C2)cc1. The fourth-order valence-electron chi connectivity index (χ4n) is 1.73. The molecule has 0 bridgehead atoms. The van der Waals surface area contributed by atoms with Gasteiger partial charge >= 0.3 is 6.18 Å². The minimum atomic E-state index is -4.76. The van der Waals surface area contributed by atoms with Gasteiger partial charge in [0.05, 0.1) is 12.9 Å². The molecule has 1 aromatic rings. The molecule has 0 amide bonds. The fourth-order valence-corrected chi connectivity index (χ4v) is 1.73. The first-order valence-corrected chi connectivity index (χ1v) is 5.56. The molecule has 18 heavy (non-hydrogen) atoms. The van der Waals surface area contributed by atoms with Gasteiger partial charge in [0.25, 0.3) is 5.72 Å². The Hall–Kier alpha value is -1.56. The van der Waals surface area contributed by atoms with E-state index in [1.807, 2.05) is 19.1 Å². The van der Waals surface area contributed by atoms with E-state index in [0.717, 1.165) is 18.3 Å². The van der Waals surface area contributed by atoms with Crippen molar-refractivity contribution in [2.24, 2.45) is 4.99 Å². The lowest BCUT2D eigenvalue weighted by molar-refractivity contribution is -0.249. The van der Waals surface area contributed by atoms with Crippen molar-refractivity contribution in [3.8, 4) is 0 Å². The van der Waals surface area contributed by atoms with Gasteiger partial charge in [0, 0.05) is 5.69 Å². The number of aliphatic imine (C=N–C) groups is 1. The summed E-state index contributed by atoms with van der Waals surface area (Å²) in [5, 5.41) is 9.40. The zero-order valence-corrected chi connectivity index (χ0v) is 9.78. The standard InChI is InChI=1S/C12H13F3N2O/c1-2-9-3-5-10(6-4-9)17-7-11(18,16-8-17)12(13,14)15/h3-6,8,18H,2,7H2,1H3. The summed E-state index contributed by atoms with van der Waals surface area (Å²) >= 11 is 0. The van der Waals surface area contributed by atoms with Crippen molar-refractivity contribution in [2.45, 2.75) is 25.2 Å². The summed E-state index contributed by atoms with van der Waals surface area (Å²) in [6, 6.07) is 7.11. The molecule has 2 rings (SSSR count). The van der Waals surface area contributed by atoms with Crippen molar-refractivity contribution < 1.29 is 18.3 Å². The average molecular weight is 258 g/mol. The highest BCUT2D eigenvalue weighted by molar-refractivity contribution is 5.82. The number of nitrogens with zero attached hydrogens (tertiary/aromatic N) is 2. The molecule has 1 aliphatic heterocycles. The molecule has 0 spiro atoms. The molecule has 0 fully saturated rings. The van der Waals surface area contributed by atoms with Crippen LogP contribution >= 0.6 is 0 Å². The number of anilines is 1. The summed E-state index contributed by atoms with van der Waals surface area (Å²) in [6.45, 7) is 1.39. The molecule has 1 atom stereocenters. The zero-order chi connectivity index (χ0) is 13.4. The predicted octanol–water partition coefficient (Wildman–Crippen LogP) is 2.35. The van der Waals surface area contributed by atoms with E-state index in [0.29, 0.717) is 5.69 Å². The molecule has 1 aliphatic rings. The average Bonchev–Trinajstić information content (AvgIpc) is 2.73. The lowest BCUT2D eigenvalue weighted by Gasteiger charge is -2.24. The third kappa shape index (κ3) is 2.20. The molecule has 0 aromatic heterocycles. The molecule has 0 saturated carbocycles. The minimum absolute atomic E-state index is 0.580. The molecule has 98 valence electrons. The molecule has 0 aliphatic carbocycles. The third-order valence-electron chi connectivity index (χ3n) is 2.93. The van der Waals surface area contributed by atoms with Crippen molar-refractivity contribution in [3.63, 3.8) is 0 Å². The maximum atomic E-state index is 12.6. The van der Waals surface area contributed by atoms with Gasteiger partial charge in [-0.2, -0.15) is 13.2 Å². The largest absolute Gasteiger partial charge is 0.440 e. The number of aliphatic hydroxyl groups is 1. The molecule has 0 radical (unpaired) electrons. The van der Waals surface area contributed by atoms with Crippen LogP contribution in [0.25, 0.3) is 0 Å². The van der Waals surface area contributed by atoms with Crippen molar-refractivity contribution in [2.75, 3.05) is 11.4 Å². The van der Waals surface area contributed by atoms with E-state index in [9.17, 15) is 18.3 Å². The number of hydrogen-bond donors (Lipinski definition) is 1. The van der Waals surface area contributed by atoms with Crippen molar-refractivity contribution in [3.05, 3.63) is 29.8 Å². The van der Waals surface area contributed by atoms with Gasteiger partial charge in [-0.25, -0.2) is 4.99 Å². The Labute approximate surface area is 103 Å². The van der Waals surface area contributed by atoms with Crippen LogP contribution in [0.15, 0.2) is 29.3 Å². The Morgan fingerprint density at radius 2 is 1.94 bits per heavy atom. The lowest BCUT2D eigenvalue weighted by atomic mass is 10.1. The van der Waals surface area contributed by atoms with Crippen LogP contribution < -0.4 is 4.90 Å². The van der Waals surface area contributed by atoms with E-state index in [1.54, 1.807) is 12.1 Å². The van der Waals surface area contributed by atoms with Gasteiger partial charge in [-0.1, -0.05) is 19.1 Å². The van der Waals surface area contributed by atoms with Crippen molar-refractivity contribution in [1.82, 2.24) is 0 Å². The first kappa shape index (κ1) is 12.9. The number of aryl methyl sites for hydroxylation is 1. The van der Waals surface area contributed by atoms with Crippen LogP contribution in [0, 0.1) is 0 Å². The number of halogens is 3. The molecule has 1 N–H and O–H groups in total. The molecule has 1 aromatic carbocycles. The first-order valence-electron chi connectivity index (χ1n) is 5.56. The van der Waals surface area contributed by atoms with Crippen LogP contribution in [0.3, 0.4) is 0 Å². The van der Waals surface area contributed by atoms with Crippen molar-refractivity contribution >= 4 is 12.0 Å². The molecule has 6 heteroatoms. The highest BCUT2D eigenvalue weighted by Crippen LogP contribution is 2.35. The summed E-state index contributed by atoms with van der Waals surface area (Å²) in [5.74, 6) is 0. The molecular weight excluding hydrogens is 245 g/mol. The maximum Gasteiger partial charge on any atom is 0.440 e. The number of hydrogen-bond acceptors (Lipinski definition) is 3. The van der Waals surface area contributed by atoms with E-state index >= 15 is 0 Å². The van der Waals surface area contributed by atoms with E-state index in [4.69, 9.17) is 0 Å². The summed E-state index contributed by atoms with van der Waals surface area (Å²) in [5.41, 5.74) is -1.33. The zero-order valence-electron chi connectivity index (χ0n) is 9.78. The van der Waals surface area contributed by atoms with Gasteiger partial charge in [-0.05, 0) is 24.1 Å². The van der Waals surface area contributed by atoms with Crippen LogP contribution in [-0.2, 0) is 6.42 Å². The Morgan fingerprint density at radius 3 is 2.39 bits per heavy atom. The second kappa shape index (κ2) is 4.28. The number of β-amino-alcohol motifs (C(OH)–C–C–N with tert-alkyl or cyclic N) is 1. The second-order valence-electron chi connectivity index (χ2n) is 4.21. The number of rotatable bonds is 2. The van der Waals surface area contributed by atoms with Crippen LogP contribution in [-0.4, -0.2) is 29.9 Å². The van der Waals surface area contributed by atoms with Crippen LogP contribution in [0.1, 0.15) is 12.5 Å². The first-order chi connectivity index (χ1) is 8.36. The topological polar surface area (TPSA) is 35.8 Å². The van der Waals surface area contributed by atoms with E-state index < -0.39 is 18.4 Å². The normalized spacial score (nSPS) is 23.7. The van der Waals surface area contributed by atoms with Crippen LogP contribution in [0.5, 0.6) is 0 Å². The summed E-state index contributed by atoms with van der Waals surface area (Å²) in [4.78, 5) is 4.46. The quantitative estimate of drug-likeness (QED) is 0.883. The highest BCUT2D eigenvalue weighted by atomic mass is 19.4. The maximum absolute atomic E-state index is 12.6. The monoisotopic (exact) mass is 258 g/mol. The van der Waals surface area contributed by atoms with Gasteiger partial charge in [0.2, 0.25) is 0 Å². The molecule has 0 saturated heterocycles. The second-order valence-corrected chi connectivity index (χ2v) is 4.21. The summed E-state index contributed by atoms with van der Waals surface area (Å²) in [6.07, 6.45) is -2.88. The van der Waals surface area contributed by atoms with Crippen LogP contribution in [0.4, 0.5) is 18.9 Å². The molecule has 1 heterocycles. The fraction of sp³-hybridized carbons (Fsp3) is 0.417. The number of benzene rings is 1. The Kier molecular flexibility index (Phi) is 3.06. The minimum Gasteiger partial charge on any atom is -0.361 e. The van der Waals surface area contributed by atoms with Gasteiger partial charge in [-0.15, -0.1) is 0 Å². The molecular formula is C12H13F3N2O. The van der Waals surface area contributed by atoms with Gasteiger partial charge in [0.1, 0.15) is 0 Å². The Morgan fingerprint density at radius 1 is 1.33 bits per heavy atom. The lowest BCUT2D eigenvalue weighted by Crippen LogP contribution is -2.47.